The number of nitrogens with one attached hydrogen (secondary N) is 1. The van der Waals surface area contributed by atoms with Crippen LogP contribution in [-0.4, -0.2) is 42.7 Å². The minimum Gasteiger partial charge on any atom is -0.497 e. The second kappa shape index (κ2) is 8.33. The first kappa shape index (κ1) is 20.6. The van der Waals surface area contributed by atoms with Crippen LogP contribution in [0.4, 0.5) is 5.69 Å². The molecule has 25 heavy (non-hydrogen) atoms. The zero-order valence-electron chi connectivity index (χ0n) is 14.9. The van der Waals surface area contributed by atoms with E-state index in [0.29, 0.717) is 0 Å². The van der Waals surface area contributed by atoms with Gasteiger partial charge in [0.15, 0.2) is 0 Å². The highest BCUT2D eigenvalue weighted by Gasteiger charge is 2.39. The van der Waals surface area contributed by atoms with Gasteiger partial charge in [-0.2, -0.15) is 0 Å². The Morgan fingerprint density at radius 1 is 0.680 bits per heavy atom. The lowest BCUT2D eigenvalue weighted by molar-refractivity contribution is 0.312. The van der Waals surface area contributed by atoms with E-state index in [1.54, 1.807) is 7.11 Å². The van der Waals surface area contributed by atoms with E-state index in [9.17, 15) is 0 Å². The topological polar surface area (TPSA) is 104 Å². The molecule has 1 aliphatic rings. The van der Waals surface area contributed by atoms with Crippen molar-refractivity contribution in [1.29, 1.82) is 0 Å². The number of hydrogen-bond donors (Lipinski definition) is 1. The van der Waals surface area contributed by atoms with Crippen LogP contribution in [0.5, 0.6) is 5.75 Å². The maximum absolute atomic E-state index is 5.67. The summed E-state index contributed by atoms with van der Waals surface area (Å²) in [6, 6.07) is 7.28. The summed E-state index contributed by atoms with van der Waals surface area (Å²) in [5, 5.41) is 3.22. The number of anilines is 1. The molecule has 142 valence electrons. The van der Waals surface area contributed by atoms with Gasteiger partial charge in [0.1, 0.15) is 5.75 Å². The molecule has 0 aliphatic carbocycles. The van der Waals surface area contributed by atoms with Crippen molar-refractivity contribution in [3.63, 3.8) is 0 Å². The Bertz CT molecular complexity index is 739. The minimum atomic E-state index is -3.00. The van der Waals surface area contributed by atoms with Crippen LogP contribution in [0.1, 0.15) is 0 Å². The number of rotatable bonds is 8. The lowest BCUT2D eigenvalue weighted by Gasteiger charge is -2.31. The predicted octanol–water partition coefficient (Wildman–Crippen LogP) is 5.19. The number of ether oxygens (including phenoxy) is 1. The zero-order chi connectivity index (χ0) is 18.6. The Hall–Kier alpha value is -0.690. The van der Waals surface area contributed by atoms with Crippen LogP contribution in [0, 0.1) is 0 Å². The number of methoxy groups -OCH3 is 1. The second-order valence-electron chi connectivity index (χ2n) is 4.55. The first-order chi connectivity index (χ1) is 11.9. The number of hydrogen-bond acceptors (Lipinski definition) is 10. The smallest absolute Gasteiger partial charge is 0.348 e. The van der Waals surface area contributed by atoms with E-state index in [4.69, 9.17) is 27.4 Å². The summed E-state index contributed by atoms with van der Waals surface area (Å²) in [4.78, 5) is 0. The van der Waals surface area contributed by atoms with Gasteiger partial charge in [-0.25, -0.2) is 0 Å². The average molecular weight is 412 g/mol. The van der Waals surface area contributed by atoms with Crippen molar-refractivity contribution < 1.29 is 27.4 Å². The molecule has 0 aromatic heterocycles. The van der Waals surface area contributed by atoms with Gasteiger partial charge in [-0.3, -0.25) is 0 Å². The molecule has 0 fully saturated rings. The van der Waals surface area contributed by atoms with Gasteiger partial charge < -0.3 is 32.4 Å². The standard InChI is InChI=1S/C12H23N4O6P3/c1-17-12-9-7-11(8-10-12)13-23(18-2)14-24(19-3,20-4)16-25(15-23,21-5)22-6/h7-10,13H,1-6H3. The van der Waals surface area contributed by atoms with Gasteiger partial charge in [0.25, 0.3) is 0 Å². The van der Waals surface area contributed by atoms with Crippen LogP contribution >= 0.6 is 22.9 Å². The average Bonchev–Trinajstić information content (AvgIpc) is 2.68. The normalized spacial score (nSPS) is 23.8. The van der Waals surface area contributed by atoms with Gasteiger partial charge in [0.05, 0.1) is 7.11 Å². The fourth-order valence-electron chi connectivity index (χ4n) is 1.94. The molecule has 10 nitrogen and oxygen atoms in total. The largest absolute Gasteiger partial charge is 0.497 e. The van der Waals surface area contributed by atoms with E-state index in [2.05, 4.69) is 18.6 Å². The summed E-state index contributed by atoms with van der Waals surface area (Å²) < 4.78 is 46.3. The molecule has 13 heteroatoms. The van der Waals surface area contributed by atoms with Crippen molar-refractivity contribution in [2.45, 2.75) is 0 Å². The van der Waals surface area contributed by atoms with Crippen LogP contribution in [0.2, 0.25) is 0 Å². The van der Waals surface area contributed by atoms with Crippen LogP contribution in [0.25, 0.3) is 0 Å². The molecule has 2 rings (SSSR count). The molecule has 1 aromatic rings. The molecule has 0 saturated heterocycles. The van der Waals surface area contributed by atoms with Gasteiger partial charge in [0, 0.05) is 41.2 Å². The summed E-state index contributed by atoms with van der Waals surface area (Å²) in [6.07, 6.45) is 0. The number of benzene rings is 1. The first-order valence-electron chi connectivity index (χ1n) is 7.06. The van der Waals surface area contributed by atoms with E-state index >= 15 is 0 Å². The molecule has 0 spiro atoms. The first-order valence-corrected chi connectivity index (χ1v) is 11.7. The Balaban J connectivity index is 2.61. The van der Waals surface area contributed by atoms with Gasteiger partial charge in [-0.05, 0) is 24.3 Å². The van der Waals surface area contributed by atoms with Crippen LogP contribution in [-0.2, 0) is 22.6 Å². The van der Waals surface area contributed by atoms with E-state index in [-0.39, 0.29) is 0 Å². The third-order valence-corrected chi connectivity index (χ3v) is 11.8. The molecule has 1 heterocycles. The molecule has 0 bridgehead atoms. The molecule has 0 radical (unpaired) electrons. The van der Waals surface area contributed by atoms with Crippen molar-refractivity contribution in [3.05, 3.63) is 24.3 Å². The molecule has 1 aromatic carbocycles. The van der Waals surface area contributed by atoms with E-state index in [1.807, 2.05) is 24.3 Å². The minimum absolute atomic E-state index is 0.731. The van der Waals surface area contributed by atoms with E-state index in [0.717, 1.165) is 11.4 Å². The lowest BCUT2D eigenvalue weighted by atomic mass is 10.3. The Kier molecular flexibility index (Phi) is 6.87. The molecule has 0 saturated carbocycles. The van der Waals surface area contributed by atoms with Crippen molar-refractivity contribution in [3.8, 4) is 5.75 Å². The highest BCUT2D eigenvalue weighted by atomic mass is 31.3. The van der Waals surface area contributed by atoms with Gasteiger partial charge in [-0.15, -0.1) is 13.5 Å². The summed E-state index contributed by atoms with van der Waals surface area (Å²) >= 11 is 0. The van der Waals surface area contributed by atoms with Crippen LogP contribution in [0.15, 0.2) is 37.8 Å². The molecular weight excluding hydrogens is 389 g/mol. The lowest BCUT2D eigenvalue weighted by Crippen LogP contribution is -2.03. The third-order valence-electron chi connectivity index (χ3n) is 3.27. The quantitative estimate of drug-likeness (QED) is 0.586. The van der Waals surface area contributed by atoms with Gasteiger partial charge in [0.2, 0.25) is 0 Å². The maximum atomic E-state index is 5.67. The molecule has 1 aliphatic heterocycles. The van der Waals surface area contributed by atoms with Crippen LogP contribution < -0.4 is 9.82 Å². The van der Waals surface area contributed by atoms with Gasteiger partial charge >= 0.3 is 22.9 Å². The van der Waals surface area contributed by atoms with E-state index < -0.39 is 22.9 Å². The van der Waals surface area contributed by atoms with E-state index in [1.165, 1.54) is 35.5 Å². The summed E-state index contributed by atoms with van der Waals surface area (Å²) in [6.45, 7) is 0. The summed E-state index contributed by atoms with van der Waals surface area (Å²) in [5.41, 5.74) is 0.737. The Morgan fingerprint density at radius 3 is 1.64 bits per heavy atom. The Labute approximate surface area is 147 Å². The highest BCUT2D eigenvalue weighted by Crippen LogP contribution is 2.78. The monoisotopic (exact) mass is 412 g/mol. The van der Waals surface area contributed by atoms with Crippen molar-refractivity contribution in [1.82, 2.24) is 0 Å². The van der Waals surface area contributed by atoms with Crippen LogP contribution in [0.3, 0.4) is 0 Å². The molecule has 1 N–H and O–H groups in total. The van der Waals surface area contributed by atoms with Crippen molar-refractivity contribution >= 4 is 28.6 Å². The molecular formula is C12H23N4O6P3. The zero-order valence-corrected chi connectivity index (χ0v) is 17.6. The fraction of sp³-hybridized carbons (Fsp3) is 0.500. The summed E-state index contributed by atoms with van der Waals surface area (Å²) in [7, 11) is -0.00231. The second-order valence-corrected chi connectivity index (χ2v) is 11.8. The van der Waals surface area contributed by atoms with Crippen molar-refractivity contribution in [2.24, 2.45) is 13.5 Å². The van der Waals surface area contributed by atoms with Gasteiger partial charge in [-0.1, -0.05) is 0 Å². The predicted molar refractivity (Wildman–Crippen MR) is 99.7 cm³/mol. The molecule has 0 amide bonds. The number of nitrogens with zero attached hydrogens (tertiary/aromatic N) is 3. The van der Waals surface area contributed by atoms with Crippen molar-refractivity contribution in [2.75, 3.05) is 47.7 Å². The molecule has 1 atom stereocenters. The molecule has 1 unspecified atom stereocenters. The third kappa shape index (κ3) is 4.35. The summed E-state index contributed by atoms with van der Waals surface area (Å²) in [5.74, 6) is 0.731. The maximum Gasteiger partial charge on any atom is 0.348 e. The Morgan fingerprint density at radius 2 is 1.20 bits per heavy atom. The SMILES string of the molecule is COc1ccc(NP2(OC)=NP(OC)(OC)=NP(OC)(OC)=N2)cc1. The highest BCUT2D eigenvalue weighted by molar-refractivity contribution is 7.80. The fourth-order valence-corrected chi connectivity index (χ4v) is 11.1.